The molecule has 0 bridgehead atoms. The molecule has 1 amide bonds. The van der Waals surface area contributed by atoms with Crippen LogP contribution in [0, 0.1) is 0 Å². The number of hydrogen-bond acceptors (Lipinski definition) is 5. The molecule has 0 saturated heterocycles. The fourth-order valence-electron chi connectivity index (χ4n) is 3.15. The quantitative estimate of drug-likeness (QED) is 0.446. The van der Waals surface area contributed by atoms with Crippen LogP contribution in [-0.4, -0.2) is 18.0 Å². The van der Waals surface area contributed by atoms with E-state index in [1.165, 1.54) is 16.9 Å². The highest BCUT2D eigenvalue weighted by Gasteiger charge is 2.25. The molecule has 0 radical (unpaired) electrons. The number of ether oxygens (including phenoxy) is 1. The minimum absolute atomic E-state index is 0.175. The Morgan fingerprint density at radius 2 is 2.00 bits per heavy atom. The second-order valence-corrected chi connectivity index (χ2v) is 7.29. The zero-order valence-corrected chi connectivity index (χ0v) is 16.5. The number of thiazole rings is 1. The molecule has 2 aromatic heterocycles. The van der Waals surface area contributed by atoms with Crippen molar-refractivity contribution in [3.05, 3.63) is 77.7 Å². The molecule has 0 N–H and O–H groups in total. The molecule has 28 heavy (non-hydrogen) atoms. The van der Waals surface area contributed by atoms with Gasteiger partial charge in [0.05, 0.1) is 35.7 Å². The summed E-state index contributed by atoms with van der Waals surface area (Å²) >= 11 is 1.50. The molecule has 0 unspecified atom stereocenters. The lowest BCUT2D eigenvalue weighted by Crippen LogP contribution is -2.30. The summed E-state index contributed by atoms with van der Waals surface area (Å²) in [6, 6.07) is 17.0. The predicted molar refractivity (Wildman–Crippen MR) is 111 cm³/mol. The number of amides is 1. The van der Waals surface area contributed by atoms with Gasteiger partial charge in [-0.2, -0.15) is 0 Å². The molecular formula is C22H20N2O3S. The van der Waals surface area contributed by atoms with Gasteiger partial charge in [-0.15, -0.1) is 0 Å². The van der Waals surface area contributed by atoms with Crippen LogP contribution in [0.1, 0.15) is 28.6 Å². The van der Waals surface area contributed by atoms with Crippen LogP contribution in [0.5, 0.6) is 5.75 Å². The first kappa shape index (κ1) is 18.3. The normalized spacial score (nSPS) is 10.9. The lowest BCUT2D eigenvalue weighted by molar-refractivity contribution is 0.0980. The zero-order chi connectivity index (χ0) is 19.5. The number of benzene rings is 2. The number of anilines is 1. The van der Waals surface area contributed by atoms with Crippen molar-refractivity contribution in [3.63, 3.8) is 0 Å². The number of para-hydroxylation sites is 2. The number of carbonyl (C=O) groups excluding carboxylic acids is 1. The number of carbonyl (C=O) groups is 1. The second-order valence-electron chi connectivity index (χ2n) is 6.28. The Kier molecular flexibility index (Phi) is 5.12. The van der Waals surface area contributed by atoms with Crippen molar-refractivity contribution in [2.24, 2.45) is 0 Å². The Labute approximate surface area is 167 Å². The number of aromatic nitrogens is 1. The summed E-state index contributed by atoms with van der Waals surface area (Å²) in [7, 11) is 1.56. The van der Waals surface area contributed by atoms with Crippen molar-refractivity contribution in [1.82, 2.24) is 4.98 Å². The van der Waals surface area contributed by atoms with Crippen LogP contribution in [-0.2, 0) is 13.0 Å². The molecule has 0 fully saturated rings. The van der Waals surface area contributed by atoms with E-state index in [0.717, 1.165) is 16.6 Å². The summed E-state index contributed by atoms with van der Waals surface area (Å²) in [5.41, 5.74) is 2.61. The van der Waals surface area contributed by atoms with Crippen LogP contribution in [0.3, 0.4) is 0 Å². The Balaban J connectivity index is 1.81. The third-order valence-corrected chi connectivity index (χ3v) is 5.62. The van der Waals surface area contributed by atoms with Gasteiger partial charge in [-0.1, -0.05) is 42.5 Å². The lowest BCUT2D eigenvalue weighted by atomic mass is 10.1. The van der Waals surface area contributed by atoms with E-state index in [2.05, 4.69) is 13.0 Å². The summed E-state index contributed by atoms with van der Waals surface area (Å²) in [6.45, 7) is 2.40. The molecule has 2 aromatic carbocycles. The van der Waals surface area contributed by atoms with Crippen LogP contribution in [0.2, 0.25) is 0 Å². The van der Waals surface area contributed by atoms with Gasteiger partial charge in [0.2, 0.25) is 0 Å². The molecule has 0 aliphatic rings. The Morgan fingerprint density at radius 1 is 1.14 bits per heavy atom. The highest BCUT2D eigenvalue weighted by atomic mass is 32.1. The number of hydrogen-bond donors (Lipinski definition) is 0. The van der Waals surface area contributed by atoms with E-state index in [-0.39, 0.29) is 5.91 Å². The number of aryl methyl sites for hydroxylation is 1. The maximum Gasteiger partial charge on any atom is 0.264 e. The summed E-state index contributed by atoms with van der Waals surface area (Å²) < 4.78 is 12.0. The number of methoxy groups -OCH3 is 1. The highest BCUT2D eigenvalue weighted by Crippen LogP contribution is 2.33. The Bertz CT molecular complexity index is 1100. The van der Waals surface area contributed by atoms with Crippen molar-refractivity contribution < 1.29 is 13.9 Å². The maximum atomic E-state index is 13.5. The SMILES string of the molecule is CCc1cccc2sc(N(Cc3ccco3)C(=O)c3ccccc3OC)nc12. The van der Waals surface area contributed by atoms with Crippen molar-refractivity contribution in [1.29, 1.82) is 0 Å². The van der Waals surface area contributed by atoms with Gasteiger partial charge < -0.3 is 9.15 Å². The lowest BCUT2D eigenvalue weighted by Gasteiger charge is -2.20. The fraction of sp³-hybridized carbons (Fsp3) is 0.182. The van der Waals surface area contributed by atoms with Crippen molar-refractivity contribution in [3.8, 4) is 5.75 Å². The molecule has 142 valence electrons. The average Bonchev–Trinajstić information content (AvgIpc) is 3.40. The minimum atomic E-state index is -0.175. The third-order valence-electron chi connectivity index (χ3n) is 4.58. The van der Waals surface area contributed by atoms with Crippen LogP contribution in [0.15, 0.2) is 65.3 Å². The van der Waals surface area contributed by atoms with Gasteiger partial charge in [0.1, 0.15) is 11.5 Å². The molecule has 5 nitrogen and oxygen atoms in total. The van der Waals surface area contributed by atoms with Crippen molar-refractivity contribution in [2.75, 3.05) is 12.0 Å². The van der Waals surface area contributed by atoms with Crippen LogP contribution in [0.25, 0.3) is 10.2 Å². The van der Waals surface area contributed by atoms with E-state index in [9.17, 15) is 4.79 Å². The molecule has 2 heterocycles. The van der Waals surface area contributed by atoms with E-state index >= 15 is 0 Å². The van der Waals surface area contributed by atoms with Crippen LogP contribution in [0.4, 0.5) is 5.13 Å². The van der Waals surface area contributed by atoms with E-state index < -0.39 is 0 Å². The third kappa shape index (κ3) is 3.39. The van der Waals surface area contributed by atoms with Gasteiger partial charge in [0.15, 0.2) is 5.13 Å². The van der Waals surface area contributed by atoms with E-state index in [1.54, 1.807) is 30.4 Å². The molecule has 0 saturated carbocycles. The number of nitrogens with zero attached hydrogens (tertiary/aromatic N) is 2. The summed E-state index contributed by atoms with van der Waals surface area (Å²) in [5, 5.41) is 0.642. The maximum absolute atomic E-state index is 13.5. The van der Waals surface area contributed by atoms with Crippen LogP contribution < -0.4 is 9.64 Å². The molecule has 0 spiro atoms. The van der Waals surface area contributed by atoms with Crippen LogP contribution >= 0.6 is 11.3 Å². The molecule has 4 aromatic rings. The first-order valence-electron chi connectivity index (χ1n) is 9.07. The molecule has 0 aliphatic heterocycles. The molecular weight excluding hydrogens is 372 g/mol. The second kappa shape index (κ2) is 7.86. The van der Waals surface area contributed by atoms with Gasteiger partial charge >= 0.3 is 0 Å². The molecule has 0 aliphatic carbocycles. The van der Waals surface area contributed by atoms with Crippen molar-refractivity contribution >= 4 is 32.6 Å². The standard InChI is InChI=1S/C22H20N2O3S/c1-3-15-8-6-12-19-20(15)23-22(28-19)24(14-16-9-7-13-27-16)21(25)17-10-4-5-11-18(17)26-2/h4-13H,3,14H2,1-2H3. The van der Waals surface area contributed by atoms with Gasteiger partial charge in [-0.3, -0.25) is 9.69 Å². The number of rotatable bonds is 6. The minimum Gasteiger partial charge on any atom is -0.496 e. The largest absolute Gasteiger partial charge is 0.496 e. The van der Waals surface area contributed by atoms with Gasteiger partial charge in [0, 0.05) is 0 Å². The molecule has 0 atom stereocenters. The zero-order valence-electron chi connectivity index (χ0n) is 15.7. The van der Waals surface area contributed by atoms with Gasteiger partial charge in [0.25, 0.3) is 5.91 Å². The number of furan rings is 1. The van der Waals surface area contributed by atoms with E-state index in [0.29, 0.717) is 28.7 Å². The first-order valence-corrected chi connectivity index (χ1v) is 9.88. The van der Waals surface area contributed by atoms with Crippen molar-refractivity contribution in [2.45, 2.75) is 19.9 Å². The summed E-state index contributed by atoms with van der Waals surface area (Å²) in [6.07, 6.45) is 2.49. The van der Waals surface area contributed by atoms with E-state index in [4.69, 9.17) is 14.1 Å². The highest BCUT2D eigenvalue weighted by molar-refractivity contribution is 7.22. The average molecular weight is 392 g/mol. The first-order chi connectivity index (χ1) is 13.7. The fourth-order valence-corrected chi connectivity index (χ4v) is 4.16. The predicted octanol–water partition coefficient (Wildman–Crippen LogP) is 5.31. The monoisotopic (exact) mass is 392 g/mol. The van der Waals surface area contributed by atoms with Gasteiger partial charge in [-0.25, -0.2) is 4.98 Å². The topological polar surface area (TPSA) is 55.6 Å². The smallest absolute Gasteiger partial charge is 0.264 e. The summed E-state index contributed by atoms with van der Waals surface area (Å²) in [5.74, 6) is 1.05. The Hall–Kier alpha value is -3.12. The van der Waals surface area contributed by atoms with E-state index in [1.807, 2.05) is 36.4 Å². The summed E-state index contributed by atoms with van der Waals surface area (Å²) in [4.78, 5) is 19.9. The van der Waals surface area contributed by atoms with Gasteiger partial charge in [-0.05, 0) is 42.3 Å². The Morgan fingerprint density at radius 3 is 2.75 bits per heavy atom. The molecule has 4 rings (SSSR count). The number of fused-ring (bicyclic) bond motifs is 1. The molecule has 6 heteroatoms.